The van der Waals surface area contributed by atoms with Crippen LogP contribution in [0, 0.1) is 13.8 Å². The Labute approximate surface area is 134 Å². The molecule has 0 aliphatic carbocycles. The molecule has 2 rings (SSSR count). The number of nitrogens with zero attached hydrogens (tertiary/aromatic N) is 1. The van der Waals surface area contributed by atoms with Gasteiger partial charge in [0.1, 0.15) is 0 Å². The van der Waals surface area contributed by atoms with Crippen molar-refractivity contribution in [2.45, 2.75) is 32.7 Å². The third-order valence-corrected chi connectivity index (χ3v) is 3.66. The van der Waals surface area contributed by atoms with Crippen LogP contribution in [0.5, 0.6) is 0 Å². The smallest absolute Gasteiger partial charge is 0.382 e. The standard InChI is InChI=1S/C18H20F3NO/c1-13-3-7-15(8-4-13)11-22(12-17(23)18(19,20)21)16-9-5-14(2)6-10-16/h3-10,17,23H,11-12H2,1-2H3. The van der Waals surface area contributed by atoms with Gasteiger partial charge >= 0.3 is 6.18 Å². The molecule has 0 spiro atoms. The fourth-order valence-corrected chi connectivity index (χ4v) is 2.24. The number of halogens is 3. The lowest BCUT2D eigenvalue weighted by molar-refractivity contribution is -0.200. The summed E-state index contributed by atoms with van der Waals surface area (Å²) in [5, 5.41) is 9.43. The highest BCUT2D eigenvalue weighted by molar-refractivity contribution is 5.48. The SMILES string of the molecule is Cc1ccc(CN(CC(O)C(F)(F)F)c2ccc(C)cc2)cc1. The van der Waals surface area contributed by atoms with Crippen molar-refractivity contribution in [3.05, 3.63) is 65.2 Å². The summed E-state index contributed by atoms with van der Waals surface area (Å²) in [4.78, 5) is 1.54. The number of anilines is 1. The topological polar surface area (TPSA) is 23.5 Å². The van der Waals surface area contributed by atoms with E-state index in [9.17, 15) is 18.3 Å². The highest BCUT2D eigenvalue weighted by atomic mass is 19.4. The van der Waals surface area contributed by atoms with E-state index in [1.807, 2.05) is 50.2 Å². The molecular formula is C18H20F3NO. The first-order chi connectivity index (χ1) is 10.8. The van der Waals surface area contributed by atoms with E-state index in [4.69, 9.17) is 0 Å². The molecule has 2 nitrogen and oxygen atoms in total. The molecule has 0 amide bonds. The van der Waals surface area contributed by atoms with Gasteiger partial charge < -0.3 is 10.0 Å². The summed E-state index contributed by atoms with van der Waals surface area (Å²) in [6.07, 6.45) is -7.01. The molecule has 0 aliphatic rings. The minimum absolute atomic E-state index is 0.302. The quantitative estimate of drug-likeness (QED) is 0.890. The number of aryl methyl sites for hydroxylation is 2. The van der Waals surface area contributed by atoms with Crippen LogP contribution in [0.4, 0.5) is 18.9 Å². The van der Waals surface area contributed by atoms with Crippen molar-refractivity contribution in [2.75, 3.05) is 11.4 Å². The van der Waals surface area contributed by atoms with Gasteiger partial charge in [-0.2, -0.15) is 13.2 Å². The minimum Gasteiger partial charge on any atom is -0.382 e. The van der Waals surface area contributed by atoms with E-state index in [-0.39, 0.29) is 0 Å². The Morgan fingerprint density at radius 3 is 1.87 bits per heavy atom. The predicted octanol–water partition coefficient (Wildman–Crippen LogP) is 4.23. The zero-order chi connectivity index (χ0) is 17.0. The maximum Gasteiger partial charge on any atom is 0.416 e. The second-order valence-corrected chi connectivity index (χ2v) is 5.76. The predicted molar refractivity (Wildman–Crippen MR) is 85.5 cm³/mol. The van der Waals surface area contributed by atoms with Gasteiger partial charge in [0.2, 0.25) is 0 Å². The van der Waals surface area contributed by atoms with E-state index in [1.54, 1.807) is 17.0 Å². The molecule has 1 N–H and O–H groups in total. The average molecular weight is 323 g/mol. The van der Waals surface area contributed by atoms with Crippen LogP contribution in [0.3, 0.4) is 0 Å². The molecule has 5 heteroatoms. The molecule has 23 heavy (non-hydrogen) atoms. The second kappa shape index (κ2) is 7.04. The third-order valence-electron chi connectivity index (χ3n) is 3.66. The van der Waals surface area contributed by atoms with Gasteiger partial charge in [-0.15, -0.1) is 0 Å². The van der Waals surface area contributed by atoms with Crippen molar-refractivity contribution in [2.24, 2.45) is 0 Å². The number of alkyl halides is 3. The normalized spacial score (nSPS) is 13.0. The molecular weight excluding hydrogens is 303 g/mol. The van der Waals surface area contributed by atoms with Crippen molar-refractivity contribution in [1.29, 1.82) is 0 Å². The minimum atomic E-state index is -4.63. The first kappa shape index (κ1) is 17.3. The summed E-state index contributed by atoms with van der Waals surface area (Å²) in [7, 11) is 0. The zero-order valence-corrected chi connectivity index (χ0v) is 13.1. The summed E-state index contributed by atoms with van der Waals surface area (Å²) < 4.78 is 38.1. The van der Waals surface area contributed by atoms with Crippen LogP contribution in [0.2, 0.25) is 0 Å². The molecule has 0 radical (unpaired) electrons. The van der Waals surface area contributed by atoms with Crippen molar-refractivity contribution in [1.82, 2.24) is 0 Å². The van der Waals surface area contributed by atoms with Gasteiger partial charge in [0.25, 0.3) is 0 Å². The third kappa shape index (κ3) is 4.99. The maximum atomic E-state index is 12.7. The van der Waals surface area contributed by atoms with Crippen LogP contribution < -0.4 is 4.90 Å². The Hall–Kier alpha value is -2.01. The van der Waals surface area contributed by atoms with E-state index in [1.165, 1.54) is 0 Å². The van der Waals surface area contributed by atoms with Crippen LogP contribution in [-0.4, -0.2) is 23.9 Å². The van der Waals surface area contributed by atoms with Gasteiger partial charge in [0.15, 0.2) is 6.10 Å². The summed E-state index contributed by atoms with van der Waals surface area (Å²) in [5.74, 6) is 0. The van der Waals surface area contributed by atoms with E-state index in [0.717, 1.165) is 16.7 Å². The molecule has 1 atom stereocenters. The molecule has 0 bridgehead atoms. The molecule has 2 aromatic carbocycles. The van der Waals surface area contributed by atoms with Gasteiger partial charge in [-0.1, -0.05) is 47.5 Å². The van der Waals surface area contributed by atoms with E-state index in [0.29, 0.717) is 12.2 Å². The van der Waals surface area contributed by atoms with Crippen molar-refractivity contribution in [3.63, 3.8) is 0 Å². The highest BCUT2D eigenvalue weighted by Crippen LogP contribution is 2.25. The lowest BCUT2D eigenvalue weighted by Crippen LogP contribution is -2.40. The lowest BCUT2D eigenvalue weighted by atomic mass is 10.1. The lowest BCUT2D eigenvalue weighted by Gasteiger charge is -2.28. The zero-order valence-electron chi connectivity index (χ0n) is 13.1. The molecule has 0 aromatic heterocycles. The van der Waals surface area contributed by atoms with Crippen LogP contribution in [0.25, 0.3) is 0 Å². The van der Waals surface area contributed by atoms with E-state index >= 15 is 0 Å². The Balaban J connectivity index is 2.23. The Bertz CT molecular complexity index is 620. The van der Waals surface area contributed by atoms with E-state index in [2.05, 4.69) is 0 Å². The number of aliphatic hydroxyl groups is 1. The Kier molecular flexibility index (Phi) is 5.31. The first-order valence-electron chi connectivity index (χ1n) is 7.37. The molecule has 1 unspecified atom stereocenters. The largest absolute Gasteiger partial charge is 0.416 e. The molecule has 0 fully saturated rings. The number of hydrogen-bond acceptors (Lipinski definition) is 2. The summed E-state index contributed by atoms with van der Waals surface area (Å²) >= 11 is 0. The molecule has 0 saturated heterocycles. The van der Waals surface area contributed by atoms with Gasteiger partial charge in [-0.05, 0) is 31.5 Å². The molecule has 0 heterocycles. The van der Waals surface area contributed by atoms with Crippen LogP contribution in [0.15, 0.2) is 48.5 Å². The Morgan fingerprint density at radius 2 is 1.39 bits per heavy atom. The molecule has 2 aromatic rings. The van der Waals surface area contributed by atoms with Crippen molar-refractivity contribution < 1.29 is 18.3 Å². The van der Waals surface area contributed by atoms with Gasteiger partial charge in [0.05, 0.1) is 6.54 Å². The van der Waals surface area contributed by atoms with Crippen LogP contribution in [-0.2, 0) is 6.54 Å². The number of hydrogen-bond donors (Lipinski definition) is 1. The van der Waals surface area contributed by atoms with Crippen molar-refractivity contribution in [3.8, 4) is 0 Å². The van der Waals surface area contributed by atoms with Gasteiger partial charge in [0, 0.05) is 12.2 Å². The number of rotatable bonds is 5. The molecule has 0 saturated carbocycles. The molecule has 0 aliphatic heterocycles. The summed E-state index contributed by atoms with van der Waals surface area (Å²) in [6.45, 7) is 3.67. The van der Waals surface area contributed by atoms with Gasteiger partial charge in [-0.3, -0.25) is 0 Å². The summed E-state index contributed by atoms with van der Waals surface area (Å²) in [6, 6.07) is 14.8. The Morgan fingerprint density at radius 1 is 0.913 bits per heavy atom. The van der Waals surface area contributed by atoms with Crippen LogP contribution in [0.1, 0.15) is 16.7 Å². The number of benzene rings is 2. The average Bonchev–Trinajstić information content (AvgIpc) is 2.48. The molecule has 124 valence electrons. The fourth-order valence-electron chi connectivity index (χ4n) is 2.24. The maximum absolute atomic E-state index is 12.7. The van der Waals surface area contributed by atoms with Gasteiger partial charge in [-0.25, -0.2) is 0 Å². The van der Waals surface area contributed by atoms with E-state index < -0.39 is 18.8 Å². The number of aliphatic hydroxyl groups excluding tert-OH is 1. The van der Waals surface area contributed by atoms with Crippen LogP contribution >= 0.6 is 0 Å². The van der Waals surface area contributed by atoms with Crippen molar-refractivity contribution >= 4 is 5.69 Å². The fraction of sp³-hybridized carbons (Fsp3) is 0.333. The summed E-state index contributed by atoms with van der Waals surface area (Å²) in [5.41, 5.74) is 3.66. The second-order valence-electron chi connectivity index (χ2n) is 5.76. The first-order valence-corrected chi connectivity index (χ1v) is 7.37. The highest BCUT2D eigenvalue weighted by Gasteiger charge is 2.39. The monoisotopic (exact) mass is 323 g/mol.